The zero-order valence-electron chi connectivity index (χ0n) is 28.9. The first-order chi connectivity index (χ1) is 24.2. The summed E-state index contributed by atoms with van der Waals surface area (Å²) in [5.41, 5.74) is 4.68. The number of aliphatic hydroxyl groups excluding tert-OH is 2. The van der Waals surface area contributed by atoms with Crippen LogP contribution in [0, 0.1) is 5.92 Å². The molecule has 0 bridgehead atoms. The Morgan fingerprint density at radius 1 is 0.880 bits per heavy atom. The molecule has 264 valence electrons. The molecule has 0 aliphatic carbocycles. The number of anilines is 1. The van der Waals surface area contributed by atoms with Gasteiger partial charge < -0.3 is 35.1 Å². The average Bonchev–Trinajstić information content (AvgIpc) is 3.15. The Labute approximate surface area is 294 Å². The van der Waals surface area contributed by atoms with Crippen molar-refractivity contribution >= 4 is 17.7 Å². The van der Waals surface area contributed by atoms with Crippen molar-refractivity contribution in [3.05, 3.63) is 137 Å². The highest BCUT2D eigenvalue weighted by atomic mass is 16.7. The van der Waals surface area contributed by atoms with Gasteiger partial charge in [0, 0.05) is 36.2 Å². The number of hydrogen-bond donors (Lipinski definition) is 4. The number of esters is 1. The first kappa shape index (κ1) is 36.7. The maximum Gasteiger partial charge on any atom is 0.328 e. The molecule has 4 aromatic carbocycles. The Balaban J connectivity index is 1.34. The molecule has 0 spiro atoms. The first-order valence-corrected chi connectivity index (χ1v) is 16.9. The minimum Gasteiger partial charge on any atom is -0.467 e. The van der Waals surface area contributed by atoms with Gasteiger partial charge in [-0.3, -0.25) is 4.90 Å². The molecule has 0 unspecified atom stereocenters. The highest BCUT2D eigenvalue weighted by molar-refractivity contribution is 5.92. The lowest BCUT2D eigenvalue weighted by Gasteiger charge is -2.43. The predicted octanol–water partition coefficient (Wildman–Crippen LogP) is 5.93. The summed E-state index contributed by atoms with van der Waals surface area (Å²) < 4.78 is 18.2. The number of aliphatic hydroxyl groups is 2. The normalized spacial score (nSPS) is 20.8. The van der Waals surface area contributed by atoms with Crippen molar-refractivity contribution in [2.45, 2.75) is 63.6 Å². The van der Waals surface area contributed by atoms with Crippen LogP contribution in [-0.4, -0.2) is 66.0 Å². The number of urea groups is 1. The van der Waals surface area contributed by atoms with Crippen LogP contribution in [-0.2, 0) is 32.0 Å². The topological polar surface area (TPSA) is 130 Å². The minimum absolute atomic E-state index is 0.0534. The summed E-state index contributed by atoms with van der Waals surface area (Å²) in [6, 6.07) is 32.3. The highest BCUT2D eigenvalue weighted by Gasteiger charge is 2.39. The van der Waals surface area contributed by atoms with Gasteiger partial charge in [-0.15, -0.1) is 0 Å². The molecule has 0 aromatic heterocycles. The number of ether oxygens (including phenoxy) is 3. The molecule has 2 amide bonds. The number of carbonyl (C=O) groups is 2. The van der Waals surface area contributed by atoms with Gasteiger partial charge in [0.05, 0.1) is 32.0 Å². The predicted molar refractivity (Wildman–Crippen MR) is 191 cm³/mol. The van der Waals surface area contributed by atoms with Crippen LogP contribution in [0.2, 0.25) is 0 Å². The quantitative estimate of drug-likeness (QED) is 0.128. The van der Waals surface area contributed by atoms with Crippen molar-refractivity contribution in [1.29, 1.82) is 0 Å². The fraction of sp³-hybridized carbons (Fsp3) is 0.350. The summed E-state index contributed by atoms with van der Waals surface area (Å²) in [4.78, 5) is 27.7. The van der Waals surface area contributed by atoms with Gasteiger partial charge in [0.15, 0.2) is 6.29 Å². The Bertz CT molecular complexity index is 1670. The monoisotopic (exact) mass is 681 g/mol. The van der Waals surface area contributed by atoms with E-state index in [9.17, 15) is 19.8 Å². The molecule has 0 saturated carbocycles. The largest absolute Gasteiger partial charge is 0.467 e. The first-order valence-electron chi connectivity index (χ1n) is 16.9. The third-order valence-electron chi connectivity index (χ3n) is 9.37. The summed E-state index contributed by atoms with van der Waals surface area (Å²) >= 11 is 0. The van der Waals surface area contributed by atoms with Crippen molar-refractivity contribution in [2.24, 2.45) is 5.92 Å². The fourth-order valence-electron chi connectivity index (χ4n) is 6.22. The molecule has 1 saturated heterocycles. The van der Waals surface area contributed by atoms with Crippen LogP contribution in [0.3, 0.4) is 0 Å². The van der Waals surface area contributed by atoms with Crippen LogP contribution in [0.5, 0.6) is 0 Å². The second kappa shape index (κ2) is 17.4. The van der Waals surface area contributed by atoms with Crippen LogP contribution in [0.15, 0.2) is 109 Å². The van der Waals surface area contributed by atoms with Crippen molar-refractivity contribution in [3.63, 3.8) is 0 Å². The summed E-state index contributed by atoms with van der Waals surface area (Å²) in [7, 11) is 3.27. The Morgan fingerprint density at radius 2 is 1.56 bits per heavy atom. The number of nitrogens with one attached hydrogen (secondary N) is 2. The lowest BCUT2D eigenvalue weighted by Crippen LogP contribution is -2.46. The molecule has 0 radical (unpaired) electrons. The molecular weight excluding hydrogens is 634 g/mol. The molecule has 4 aromatic rings. The highest BCUT2D eigenvalue weighted by Crippen LogP contribution is 2.42. The minimum atomic E-state index is -0.879. The zero-order chi connectivity index (χ0) is 35.6. The molecule has 1 fully saturated rings. The second-order valence-electron chi connectivity index (χ2n) is 12.8. The molecule has 5 rings (SSSR count). The van der Waals surface area contributed by atoms with E-state index in [2.05, 4.69) is 22.5 Å². The average molecular weight is 682 g/mol. The Hall–Kier alpha value is -4.58. The molecule has 10 heteroatoms. The van der Waals surface area contributed by atoms with E-state index in [1.54, 1.807) is 12.1 Å². The summed E-state index contributed by atoms with van der Waals surface area (Å²) in [6.45, 7) is 4.55. The van der Waals surface area contributed by atoms with Crippen molar-refractivity contribution < 1.29 is 34.0 Å². The van der Waals surface area contributed by atoms with Gasteiger partial charge in [0.25, 0.3) is 0 Å². The number of benzene rings is 4. The Morgan fingerprint density at radius 3 is 2.22 bits per heavy atom. The van der Waals surface area contributed by atoms with Gasteiger partial charge in [-0.2, -0.15) is 0 Å². The van der Waals surface area contributed by atoms with Gasteiger partial charge in [0.2, 0.25) is 0 Å². The van der Waals surface area contributed by atoms with E-state index in [4.69, 9.17) is 14.2 Å². The van der Waals surface area contributed by atoms with Gasteiger partial charge in [-0.25, -0.2) is 9.59 Å². The van der Waals surface area contributed by atoms with Gasteiger partial charge in [0.1, 0.15) is 6.04 Å². The third kappa shape index (κ3) is 9.35. The van der Waals surface area contributed by atoms with E-state index < -0.39 is 30.4 Å². The lowest BCUT2D eigenvalue weighted by molar-refractivity contribution is -0.276. The standard InChI is InChI=1S/C40H47N3O7/c1-26-35(24-43(3)27(2)36(45)30-14-9-6-10-15-30)49-39(50-37(26)31-20-18-29(25-44)19-21-31)32-16-11-17-33(23-32)41-40(47)42-34(38(46)48-4)22-28-12-7-5-8-13-28/h5-21,23,26-27,34-37,39,44-45H,22,24-25H2,1-4H3,(H2,41,42,47)/t26-,27+,34+,35+,36+,37+,39+/m1/s1. The summed E-state index contributed by atoms with van der Waals surface area (Å²) in [5, 5.41) is 26.3. The maximum atomic E-state index is 13.1. The summed E-state index contributed by atoms with van der Waals surface area (Å²) in [6.07, 6.45) is -1.81. The molecule has 1 aliphatic rings. The number of methoxy groups -OCH3 is 1. The van der Waals surface area contributed by atoms with Crippen LogP contribution < -0.4 is 10.6 Å². The Kier molecular flexibility index (Phi) is 12.8. The molecule has 4 N–H and O–H groups in total. The van der Waals surface area contributed by atoms with Crippen LogP contribution >= 0.6 is 0 Å². The van der Waals surface area contributed by atoms with E-state index in [0.717, 1.165) is 22.3 Å². The van der Waals surface area contributed by atoms with Crippen molar-refractivity contribution in [1.82, 2.24) is 10.2 Å². The van der Waals surface area contributed by atoms with E-state index in [1.165, 1.54) is 7.11 Å². The van der Waals surface area contributed by atoms with E-state index in [0.29, 0.717) is 17.8 Å². The molecule has 7 atom stereocenters. The SMILES string of the molecule is COC(=O)[C@H](Cc1ccccc1)NC(=O)Nc1cccc([C@H]2O[C@@H](CN(C)[C@@H](C)[C@H](O)c3ccccc3)[C@@H](C)[C@@H](c3ccc(CO)cc3)O2)c1. The van der Waals surface area contributed by atoms with Gasteiger partial charge in [-0.05, 0) is 48.4 Å². The fourth-order valence-corrected chi connectivity index (χ4v) is 6.22. The van der Waals surface area contributed by atoms with E-state index in [1.807, 2.05) is 111 Å². The smallest absolute Gasteiger partial charge is 0.328 e. The van der Waals surface area contributed by atoms with Crippen LogP contribution in [0.25, 0.3) is 0 Å². The zero-order valence-corrected chi connectivity index (χ0v) is 28.9. The van der Waals surface area contributed by atoms with Crippen molar-refractivity contribution in [3.8, 4) is 0 Å². The second-order valence-corrected chi connectivity index (χ2v) is 12.8. The molecular formula is C40H47N3O7. The van der Waals surface area contributed by atoms with Crippen molar-refractivity contribution in [2.75, 3.05) is 26.0 Å². The number of hydrogen-bond acceptors (Lipinski definition) is 8. The molecule has 10 nitrogen and oxygen atoms in total. The lowest BCUT2D eigenvalue weighted by atomic mass is 9.89. The number of rotatable bonds is 13. The van der Waals surface area contributed by atoms with Crippen LogP contribution in [0.1, 0.15) is 60.2 Å². The molecule has 50 heavy (non-hydrogen) atoms. The number of carbonyl (C=O) groups excluding carboxylic acids is 2. The number of likely N-dealkylation sites (N-methyl/N-ethyl adjacent to an activating group) is 1. The number of amides is 2. The number of nitrogens with zero attached hydrogens (tertiary/aromatic N) is 1. The van der Waals surface area contributed by atoms with E-state index >= 15 is 0 Å². The summed E-state index contributed by atoms with van der Waals surface area (Å²) in [5.74, 6) is -0.614. The maximum absolute atomic E-state index is 13.1. The third-order valence-corrected chi connectivity index (χ3v) is 9.37. The van der Waals surface area contributed by atoms with Gasteiger partial charge in [-0.1, -0.05) is 104 Å². The van der Waals surface area contributed by atoms with Gasteiger partial charge >= 0.3 is 12.0 Å². The molecule has 1 aliphatic heterocycles. The van der Waals surface area contributed by atoms with Crippen LogP contribution in [0.4, 0.5) is 10.5 Å². The van der Waals surface area contributed by atoms with E-state index in [-0.39, 0.29) is 37.2 Å². The molecule has 1 heterocycles.